The quantitative estimate of drug-likeness (QED) is 0.633. The Bertz CT molecular complexity index is 596. The molecule has 7 heteroatoms. The van der Waals surface area contributed by atoms with Crippen molar-refractivity contribution in [3.63, 3.8) is 0 Å². The topological polar surface area (TPSA) is 61.0 Å². The van der Waals surface area contributed by atoms with Crippen LogP contribution in [0.3, 0.4) is 0 Å². The molecule has 4 rings (SSSR count). The zero-order chi connectivity index (χ0) is 18.5. The largest absolute Gasteiger partial charge is 0.370 e. The minimum absolute atomic E-state index is 0.270. The van der Waals surface area contributed by atoms with Crippen LogP contribution in [0.15, 0.2) is 16.6 Å². The molecule has 2 aliphatic heterocycles. The number of guanidine groups is 1. The number of nitrogens with zero attached hydrogens (tertiary/aromatic N) is 5. The number of piperazine rings is 1. The fourth-order valence-electron chi connectivity index (χ4n) is 4.98. The first-order valence-corrected chi connectivity index (χ1v) is 11.6. The van der Waals surface area contributed by atoms with Crippen molar-refractivity contribution < 1.29 is 0 Å². The molecule has 0 amide bonds. The summed E-state index contributed by atoms with van der Waals surface area (Å²) in [7, 11) is 0. The Balaban J connectivity index is 1.36. The van der Waals surface area contributed by atoms with Gasteiger partial charge in [0, 0.05) is 43.3 Å². The molecule has 1 saturated carbocycles. The Morgan fingerprint density at radius 3 is 2.37 bits per heavy atom. The minimum Gasteiger partial charge on any atom is -0.370 e. The lowest BCUT2D eigenvalue weighted by atomic mass is 9.79. The Morgan fingerprint density at radius 1 is 1.00 bits per heavy atom. The van der Waals surface area contributed by atoms with Crippen LogP contribution in [0, 0.1) is 0 Å². The lowest BCUT2D eigenvalue weighted by molar-refractivity contribution is 0.0406. The summed E-state index contributed by atoms with van der Waals surface area (Å²) in [6.45, 7) is 7.20. The standard InChI is InChI=1S/C20H34N6S/c21-18(24-12-14-25(15-13-24)19-22-9-16-27-19)23-17-20(7-3-1-4-8-20)26-10-5-2-6-11-26/h9,16H,1-8,10-15,17H2,(H2,21,23). The zero-order valence-electron chi connectivity index (χ0n) is 16.5. The molecule has 1 aromatic heterocycles. The van der Waals surface area contributed by atoms with Gasteiger partial charge in [0.25, 0.3) is 0 Å². The van der Waals surface area contributed by atoms with Gasteiger partial charge in [-0.1, -0.05) is 25.7 Å². The molecular formula is C20H34N6S. The van der Waals surface area contributed by atoms with Crippen molar-refractivity contribution in [2.75, 3.05) is 50.7 Å². The summed E-state index contributed by atoms with van der Waals surface area (Å²) >= 11 is 1.71. The molecule has 0 bridgehead atoms. The van der Waals surface area contributed by atoms with E-state index in [1.165, 1.54) is 64.5 Å². The van der Waals surface area contributed by atoms with Gasteiger partial charge in [0.1, 0.15) is 0 Å². The first-order chi connectivity index (χ1) is 13.3. The second kappa shape index (κ2) is 8.78. The van der Waals surface area contributed by atoms with E-state index in [9.17, 15) is 0 Å². The van der Waals surface area contributed by atoms with Crippen molar-refractivity contribution in [1.82, 2.24) is 14.8 Å². The Labute approximate surface area is 167 Å². The number of nitrogens with two attached hydrogens (primary N) is 1. The molecule has 27 heavy (non-hydrogen) atoms. The smallest absolute Gasteiger partial charge is 0.191 e. The van der Waals surface area contributed by atoms with Gasteiger partial charge >= 0.3 is 0 Å². The summed E-state index contributed by atoms with van der Waals surface area (Å²) in [5, 5.41) is 3.17. The molecule has 6 nitrogen and oxygen atoms in total. The number of rotatable bonds is 4. The van der Waals surface area contributed by atoms with Gasteiger partial charge in [0.15, 0.2) is 11.1 Å². The van der Waals surface area contributed by atoms with Crippen molar-refractivity contribution >= 4 is 22.4 Å². The molecule has 2 saturated heterocycles. The summed E-state index contributed by atoms with van der Waals surface area (Å²) in [5.74, 6) is 0.746. The maximum atomic E-state index is 6.44. The highest BCUT2D eigenvalue weighted by Crippen LogP contribution is 2.36. The van der Waals surface area contributed by atoms with Crippen LogP contribution in [0.2, 0.25) is 0 Å². The van der Waals surface area contributed by atoms with Crippen LogP contribution in [-0.4, -0.2) is 72.1 Å². The molecule has 3 heterocycles. The highest BCUT2D eigenvalue weighted by molar-refractivity contribution is 7.13. The third kappa shape index (κ3) is 4.40. The molecule has 0 aromatic carbocycles. The van der Waals surface area contributed by atoms with Crippen molar-refractivity contribution in [3.8, 4) is 0 Å². The van der Waals surface area contributed by atoms with Crippen LogP contribution < -0.4 is 10.6 Å². The first kappa shape index (κ1) is 19.0. The lowest BCUT2D eigenvalue weighted by Crippen LogP contribution is -2.55. The van der Waals surface area contributed by atoms with E-state index in [1.54, 1.807) is 11.3 Å². The zero-order valence-corrected chi connectivity index (χ0v) is 17.3. The number of hydrogen-bond donors (Lipinski definition) is 1. The molecule has 0 atom stereocenters. The number of thiazole rings is 1. The highest BCUT2D eigenvalue weighted by atomic mass is 32.1. The van der Waals surface area contributed by atoms with Crippen LogP contribution in [0.5, 0.6) is 0 Å². The van der Waals surface area contributed by atoms with E-state index in [4.69, 9.17) is 10.7 Å². The van der Waals surface area contributed by atoms with Crippen molar-refractivity contribution in [3.05, 3.63) is 11.6 Å². The van der Waals surface area contributed by atoms with E-state index in [-0.39, 0.29) is 5.54 Å². The predicted molar refractivity (Wildman–Crippen MR) is 114 cm³/mol. The van der Waals surface area contributed by atoms with Gasteiger partial charge in [-0.3, -0.25) is 9.89 Å². The number of aliphatic imine (C=N–C) groups is 1. The van der Waals surface area contributed by atoms with E-state index >= 15 is 0 Å². The molecule has 0 spiro atoms. The third-order valence-corrected chi connectivity index (χ3v) is 7.47. The highest BCUT2D eigenvalue weighted by Gasteiger charge is 2.38. The van der Waals surface area contributed by atoms with Crippen molar-refractivity contribution in [2.45, 2.75) is 56.9 Å². The Morgan fingerprint density at radius 2 is 1.70 bits per heavy atom. The maximum absolute atomic E-state index is 6.44. The van der Waals surface area contributed by atoms with Crippen LogP contribution in [0.4, 0.5) is 5.13 Å². The molecule has 1 aliphatic carbocycles. The van der Waals surface area contributed by atoms with Crippen molar-refractivity contribution in [2.24, 2.45) is 10.7 Å². The molecular weight excluding hydrogens is 356 g/mol. The minimum atomic E-state index is 0.270. The van der Waals surface area contributed by atoms with Crippen LogP contribution >= 0.6 is 11.3 Å². The summed E-state index contributed by atoms with van der Waals surface area (Å²) in [4.78, 5) is 16.8. The SMILES string of the molecule is NC(=NCC1(N2CCCCC2)CCCCC1)N1CCN(c2nccs2)CC1. The number of likely N-dealkylation sites (tertiary alicyclic amines) is 1. The normalized spacial score (nSPS) is 25.0. The van der Waals surface area contributed by atoms with Gasteiger partial charge in [-0.05, 0) is 38.8 Å². The fourth-order valence-corrected chi connectivity index (χ4v) is 5.68. The second-order valence-electron chi connectivity index (χ2n) is 8.30. The van der Waals surface area contributed by atoms with E-state index in [0.29, 0.717) is 0 Å². The van der Waals surface area contributed by atoms with E-state index in [1.807, 2.05) is 11.6 Å². The van der Waals surface area contributed by atoms with Gasteiger partial charge in [0.2, 0.25) is 0 Å². The fraction of sp³-hybridized carbons (Fsp3) is 0.800. The van der Waals surface area contributed by atoms with Crippen LogP contribution in [0.1, 0.15) is 51.4 Å². The first-order valence-electron chi connectivity index (χ1n) is 10.7. The summed E-state index contributed by atoms with van der Waals surface area (Å²) in [6.07, 6.45) is 12.6. The second-order valence-corrected chi connectivity index (χ2v) is 9.17. The van der Waals surface area contributed by atoms with E-state index in [2.05, 4.69) is 19.7 Å². The molecule has 2 N–H and O–H groups in total. The molecule has 1 aromatic rings. The number of anilines is 1. The summed E-state index contributed by atoms with van der Waals surface area (Å²) in [6, 6.07) is 0. The molecule has 3 fully saturated rings. The predicted octanol–water partition coefficient (Wildman–Crippen LogP) is 2.77. The number of piperidine rings is 1. The maximum Gasteiger partial charge on any atom is 0.191 e. The summed E-state index contributed by atoms with van der Waals surface area (Å²) < 4.78 is 0. The van der Waals surface area contributed by atoms with E-state index < -0.39 is 0 Å². The summed E-state index contributed by atoms with van der Waals surface area (Å²) in [5.41, 5.74) is 6.71. The van der Waals surface area contributed by atoms with Crippen molar-refractivity contribution in [1.29, 1.82) is 0 Å². The molecule has 0 unspecified atom stereocenters. The van der Waals surface area contributed by atoms with Crippen LogP contribution in [0.25, 0.3) is 0 Å². The lowest BCUT2D eigenvalue weighted by Gasteiger charge is -2.47. The average molecular weight is 391 g/mol. The molecule has 3 aliphatic rings. The Hall–Kier alpha value is -1.34. The monoisotopic (exact) mass is 390 g/mol. The molecule has 150 valence electrons. The average Bonchev–Trinajstić information content (AvgIpc) is 3.28. The van der Waals surface area contributed by atoms with Gasteiger partial charge < -0.3 is 15.5 Å². The number of aromatic nitrogens is 1. The van der Waals surface area contributed by atoms with Gasteiger partial charge in [-0.2, -0.15) is 0 Å². The number of hydrogen-bond acceptors (Lipinski definition) is 5. The van der Waals surface area contributed by atoms with Gasteiger partial charge in [0.05, 0.1) is 6.54 Å². The van der Waals surface area contributed by atoms with Crippen LogP contribution in [-0.2, 0) is 0 Å². The van der Waals surface area contributed by atoms with Gasteiger partial charge in [-0.25, -0.2) is 4.98 Å². The van der Waals surface area contributed by atoms with Gasteiger partial charge in [-0.15, -0.1) is 11.3 Å². The third-order valence-electron chi connectivity index (χ3n) is 6.64. The Kier molecular flexibility index (Phi) is 6.18. The molecule has 0 radical (unpaired) electrons. The van der Waals surface area contributed by atoms with E-state index in [0.717, 1.165) is 43.8 Å².